The summed E-state index contributed by atoms with van der Waals surface area (Å²) in [5, 5.41) is 0. The van der Waals surface area contributed by atoms with E-state index in [2.05, 4.69) is 11.3 Å². The summed E-state index contributed by atoms with van der Waals surface area (Å²) in [5.41, 5.74) is 0. The van der Waals surface area contributed by atoms with Gasteiger partial charge in [-0.2, -0.15) is 0 Å². The molecule has 2 amide bonds. The lowest BCUT2D eigenvalue weighted by atomic mass is 10.2. The number of ether oxygens (including phenoxy) is 1. The number of carbonyl (C=O) groups excluding carboxylic acids is 2. The Morgan fingerprint density at radius 2 is 2.18 bits per heavy atom. The molecule has 0 bridgehead atoms. The molecule has 4 heteroatoms. The number of amides is 2. The van der Waals surface area contributed by atoms with Crippen LogP contribution in [0.3, 0.4) is 0 Å². The minimum Gasteiger partial charge on any atom is -0.447 e. The molecule has 92 valence electrons. The van der Waals surface area contributed by atoms with Crippen LogP contribution in [0.5, 0.6) is 0 Å². The molecule has 1 heterocycles. The summed E-state index contributed by atoms with van der Waals surface area (Å²) in [4.78, 5) is 23.7. The van der Waals surface area contributed by atoms with Crippen LogP contribution in [0.15, 0.2) is 37.0 Å². The first kappa shape index (κ1) is 13.2. The molecule has 0 radical (unpaired) electrons. The summed E-state index contributed by atoms with van der Waals surface area (Å²) in [6.07, 6.45) is 11.1. The maximum Gasteiger partial charge on any atom is 0.416 e. The minimum atomic E-state index is -0.548. The normalized spacial score (nSPS) is 15.8. The van der Waals surface area contributed by atoms with Crippen LogP contribution in [0.4, 0.5) is 4.79 Å². The minimum absolute atomic E-state index is 0.296. The van der Waals surface area contributed by atoms with E-state index >= 15 is 0 Å². The monoisotopic (exact) mass is 235 g/mol. The molecule has 0 saturated carbocycles. The average Bonchev–Trinajstić information content (AvgIpc) is 2.74. The third-order valence-corrected chi connectivity index (χ3v) is 2.30. The van der Waals surface area contributed by atoms with Crippen molar-refractivity contribution in [2.45, 2.75) is 19.3 Å². The van der Waals surface area contributed by atoms with Crippen molar-refractivity contribution in [3.63, 3.8) is 0 Å². The van der Waals surface area contributed by atoms with Gasteiger partial charge in [0.2, 0.25) is 0 Å². The molecule has 4 nitrogen and oxygen atoms in total. The van der Waals surface area contributed by atoms with Gasteiger partial charge in [-0.05, 0) is 25.3 Å². The van der Waals surface area contributed by atoms with Crippen molar-refractivity contribution in [3.05, 3.63) is 37.0 Å². The first-order valence-electron chi connectivity index (χ1n) is 5.68. The average molecular weight is 235 g/mol. The Hall–Kier alpha value is -1.84. The quantitative estimate of drug-likeness (QED) is 0.403. The number of hydrogen-bond acceptors (Lipinski definition) is 3. The molecule has 0 unspecified atom stereocenters. The first-order valence-corrected chi connectivity index (χ1v) is 5.68. The van der Waals surface area contributed by atoms with Crippen molar-refractivity contribution < 1.29 is 14.3 Å². The smallest absolute Gasteiger partial charge is 0.416 e. The molecule has 0 N–H and O–H groups in total. The zero-order valence-electron chi connectivity index (χ0n) is 9.80. The maximum atomic E-state index is 11.5. The zero-order valence-corrected chi connectivity index (χ0v) is 9.80. The fourth-order valence-corrected chi connectivity index (χ4v) is 1.41. The fourth-order valence-electron chi connectivity index (χ4n) is 1.41. The van der Waals surface area contributed by atoms with E-state index in [9.17, 15) is 9.59 Å². The Morgan fingerprint density at radius 3 is 2.82 bits per heavy atom. The van der Waals surface area contributed by atoms with Crippen LogP contribution in [0.2, 0.25) is 0 Å². The molecular formula is C13H17NO3. The topological polar surface area (TPSA) is 46.6 Å². The second kappa shape index (κ2) is 7.44. The van der Waals surface area contributed by atoms with Crippen LogP contribution < -0.4 is 0 Å². The van der Waals surface area contributed by atoms with Crippen molar-refractivity contribution in [1.82, 2.24) is 4.90 Å². The standard InChI is InChI=1S/C13H17NO3/c1-2-3-4-5-6-7-8-9-12(15)14-10-11-17-13(14)16/h2-4,8-9H,1,5-7,10-11H2/b4-3+,9-8+. The van der Waals surface area contributed by atoms with E-state index in [1.54, 1.807) is 12.2 Å². The number of cyclic esters (lactones) is 1. The van der Waals surface area contributed by atoms with E-state index in [-0.39, 0.29) is 5.91 Å². The largest absolute Gasteiger partial charge is 0.447 e. The van der Waals surface area contributed by atoms with E-state index < -0.39 is 6.09 Å². The van der Waals surface area contributed by atoms with Crippen LogP contribution in [-0.4, -0.2) is 30.1 Å². The van der Waals surface area contributed by atoms with Crippen LogP contribution >= 0.6 is 0 Å². The highest BCUT2D eigenvalue weighted by molar-refractivity contribution is 5.99. The van der Waals surface area contributed by atoms with Gasteiger partial charge < -0.3 is 4.74 Å². The van der Waals surface area contributed by atoms with Gasteiger partial charge in [0, 0.05) is 0 Å². The van der Waals surface area contributed by atoms with Gasteiger partial charge >= 0.3 is 6.09 Å². The molecule has 1 saturated heterocycles. The molecule has 1 aliphatic rings. The van der Waals surface area contributed by atoms with Gasteiger partial charge in [0.1, 0.15) is 6.61 Å². The van der Waals surface area contributed by atoms with Gasteiger partial charge in [-0.3, -0.25) is 4.79 Å². The predicted molar refractivity (Wildman–Crippen MR) is 65.4 cm³/mol. The third kappa shape index (κ3) is 4.68. The second-order valence-corrected chi connectivity index (χ2v) is 3.60. The number of allylic oxidation sites excluding steroid dienone is 4. The van der Waals surface area contributed by atoms with Crippen molar-refractivity contribution in [2.75, 3.05) is 13.2 Å². The molecule has 1 fully saturated rings. The number of unbranched alkanes of at least 4 members (excludes halogenated alkanes) is 2. The highest BCUT2D eigenvalue weighted by atomic mass is 16.6. The summed E-state index contributed by atoms with van der Waals surface area (Å²) in [6, 6.07) is 0. The van der Waals surface area contributed by atoms with E-state index in [4.69, 9.17) is 0 Å². The Kier molecular flexibility index (Phi) is 5.79. The van der Waals surface area contributed by atoms with Crippen LogP contribution in [-0.2, 0) is 9.53 Å². The van der Waals surface area contributed by atoms with Crippen LogP contribution in [0.1, 0.15) is 19.3 Å². The Balaban J connectivity index is 2.19. The second-order valence-electron chi connectivity index (χ2n) is 3.60. The van der Waals surface area contributed by atoms with E-state index in [1.807, 2.05) is 12.2 Å². The highest BCUT2D eigenvalue weighted by Crippen LogP contribution is 2.05. The van der Waals surface area contributed by atoms with Gasteiger partial charge in [-0.15, -0.1) is 0 Å². The lowest BCUT2D eigenvalue weighted by Crippen LogP contribution is -2.29. The molecule has 0 atom stereocenters. The highest BCUT2D eigenvalue weighted by Gasteiger charge is 2.26. The zero-order chi connectivity index (χ0) is 12.5. The summed E-state index contributed by atoms with van der Waals surface area (Å²) in [6.45, 7) is 4.22. The number of carbonyl (C=O) groups is 2. The molecule has 0 spiro atoms. The van der Waals surface area contributed by atoms with Gasteiger partial charge in [-0.25, -0.2) is 9.69 Å². The summed E-state index contributed by atoms with van der Waals surface area (Å²) >= 11 is 0. The Labute approximate surface area is 101 Å². The summed E-state index contributed by atoms with van der Waals surface area (Å²) < 4.78 is 4.67. The van der Waals surface area contributed by atoms with E-state index in [0.29, 0.717) is 13.2 Å². The van der Waals surface area contributed by atoms with Gasteiger partial charge in [0.15, 0.2) is 0 Å². The maximum absolute atomic E-state index is 11.5. The van der Waals surface area contributed by atoms with Crippen LogP contribution in [0, 0.1) is 0 Å². The molecular weight excluding hydrogens is 218 g/mol. The van der Waals surface area contributed by atoms with Gasteiger partial charge in [0.05, 0.1) is 6.54 Å². The lowest BCUT2D eigenvalue weighted by molar-refractivity contribution is -0.122. The van der Waals surface area contributed by atoms with Gasteiger partial charge in [0.25, 0.3) is 5.91 Å². The molecule has 17 heavy (non-hydrogen) atoms. The molecule has 0 aromatic carbocycles. The Bertz CT molecular complexity index is 345. The van der Waals surface area contributed by atoms with Crippen LogP contribution in [0.25, 0.3) is 0 Å². The van der Waals surface area contributed by atoms with Crippen molar-refractivity contribution in [3.8, 4) is 0 Å². The number of nitrogens with zero attached hydrogens (tertiary/aromatic N) is 1. The predicted octanol–water partition coefficient (Wildman–Crippen LogP) is 2.43. The molecule has 1 aliphatic heterocycles. The lowest BCUT2D eigenvalue weighted by Gasteiger charge is -2.06. The van der Waals surface area contributed by atoms with Gasteiger partial charge in [-0.1, -0.05) is 30.9 Å². The van der Waals surface area contributed by atoms with Crippen molar-refractivity contribution in [1.29, 1.82) is 0 Å². The molecule has 0 aliphatic carbocycles. The summed E-state index contributed by atoms with van der Waals surface area (Å²) in [7, 11) is 0. The number of imide groups is 1. The first-order chi connectivity index (χ1) is 8.25. The Morgan fingerprint density at radius 1 is 1.41 bits per heavy atom. The van der Waals surface area contributed by atoms with E-state index in [1.165, 1.54) is 6.08 Å². The fraction of sp³-hybridized carbons (Fsp3) is 0.385. The number of hydrogen-bond donors (Lipinski definition) is 0. The summed E-state index contributed by atoms with van der Waals surface area (Å²) in [5.74, 6) is -0.297. The van der Waals surface area contributed by atoms with Crippen molar-refractivity contribution >= 4 is 12.0 Å². The molecule has 0 aromatic rings. The molecule has 1 rings (SSSR count). The van der Waals surface area contributed by atoms with E-state index in [0.717, 1.165) is 24.2 Å². The number of rotatable bonds is 6. The molecule has 0 aromatic heterocycles. The van der Waals surface area contributed by atoms with Crippen molar-refractivity contribution in [2.24, 2.45) is 0 Å². The third-order valence-electron chi connectivity index (χ3n) is 2.30. The SMILES string of the molecule is C=C/C=C/CCC/C=C/C(=O)N1CCOC1=O.